The van der Waals surface area contributed by atoms with Crippen LogP contribution in [0.5, 0.6) is 0 Å². The second kappa shape index (κ2) is 7.11. The maximum absolute atomic E-state index is 12.9. The zero-order chi connectivity index (χ0) is 19.7. The van der Waals surface area contributed by atoms with E-state index >= 15 is 0 Å². The minimum absolute atomic E-state index is 0.0249. The van der Waals surface area contributed by atoms with E-state index in [1.54, 1.807) is 37.1 Å². The second-order valence-corrected chi connectivity index (χ2v) is 6.54. The van der Waals surface area contributed by atoms with E-state index in [1.165, 1.54) is 16.8 Å². The van der Waals surface area contributed by atoms with Crippen molar-refractivity contribution >= 4 is 11.6 Å². The van der Waals surface area contributed by atoms with Gasteiger partial charge in [0.15, 0.2) is 5.43 Å². The molecule has 0 bridgehead atoms. The fourth-order valence-electron chi connectivity index (χ4n) is 3.17. The van der Waals surface area contributed by atoms with Gasteiger partial charge in [0, 0.05) is 30.6 Å². The zero-order valence-electron chi connectivity index (χ0n) is 15.8. The predicted molar refractivity (Wildman–Crippen MR) is 105 cm³/mol. The first-order chi connectivity index (χ1) is 12.8. The Balaban J connectivity index is 1.92. The molecular formula is C20H22N4O3. The van der Waals surface area contributed by atoms with Crippen molar-refractivity contribution in [3.8, 4) is 5.69 Å². The summed E-state index contributed by atoms with van der Waals surface area (Å²) in [6.45, 7) is 5.36. The van der Waals surface area contributed by atoms with Crippen molar-refractivity contribution in [2.24, 2.45) is 7.05 Å². The fourth-order valence-corrected chi connectivity index (χ4v) is 3.17. The average molecular weight is 366 g/mol. The highest BCUT2D eigenvalue weighted by Gasteiger charge is 2.18. The molecule has 0 unspecified atom stereocenters. The van der Waals surface area contributed by atoms with Gasteiger partial charge in [-0.15, -0.1) is 0 Å². The van der Waals surface area contributed by atoms with Crippen LogP contribution in [0.2, 0.25) is 0 Å². The van der Waals surface area contributed by atoms with Crippen LogP contribution in [-0.2, 0) is 18.4 Å². The van der Waals surface area contributed by atoms with Gasteiger partial charge in [0.05, 0.1) is 11.4 Å². The van der Waals surface area contributed by atoms with E-state index in [4.69, 9.17) is 0 Å². The molecule has 1 amide bonds. The van der Waals surface area contributed by atoms with Gasteiger partial charge in [0.2, 0.25) is 5.91 Å². The first-order valence-corrected chi connectivity index (χ1v) is 8.61. The molecule has 0 radical (unpaired) electrons. The van der Waals surface area contributed by atoms with Crippen molar-refractivity contribution in [1.82, 2.24) is 13.9 Å². The highest BCUT2D eigenvalue weighted by Crippen LogP contribution is 2.14. The van der Waals surface area contributed by atoms with Gasteiger partial charge in [0.25, 0.3) is 5.56 Å². The summed E-state index contributed by atoms with van der Waals surface area (Å²) in [6, 6.07) is 12.2. The lowest BCUT2D eigenvalue weighted by atomic mass is 10.3. The van der Waals surface area contributed by atoms with Crippen molar-refractivity contribution in [1.29, 1.82) is 0 Å². The summed E-state index contributed by atoms with van der Waals surface area (Å²) in [5, 5.41) is 2.73. The number of hydrogen-bond donors (Lipinski definition) is 1. The quantitative estimate of drug-likeness (QED) is 0.766. The number of nitrogens with one attached hydrogen (secondary N) is 1. The lowest BCUT2D eigenvalue weighted by Crippen LogP contribution is -2.26. The average Bonchev–Trinajstić information content (AvgIpc) is 2.82. The Morgan fingerprint density at radius 3 is 2.19 bits per heavy atom. The summed E-state index contributed by atoms with van der Waals surface area (Å²) in [7, 11) is 1.77. The van der Waals surface area contributed by atoms with Crippen LogP contribution in [0.3, 0.4) is 0 Å². The smallest absolute Gasteiger partial charge is 0.295 e. The molecule has 0 aliphatic heterocycles. The Morgan fingerprint density at radius 2 is 1.59 bits per heavy atom. The Bertz CT molecular complexity index is 1090. The summed E-state index contributed by atoms with van der Waals surface area (Å²) in [5.74, 6) is -0.323. The number of aromatic nitrogens is 3. The number of rotatable bonds is 4. The monoisotopic (exact) mass is 366 g/mol. The van der Waals surface area contributed by atoms with Gasteiger partial charge >= 0.3 is 0 Å². The topological polar surface area (TPSA) is 78.0 Å². The molecule has 0 atom stereocenters. The third-order valence-electron chi connectivity index (χ3n) is 4.67. The number of pyridine rings is 1. The maximum atomic E-state index is 12.9. The molecule has 3 rings (SSSR count). The molecule has 0 aliphatic rings. The highest BCUT2D eigenvalue weighted by atomic mass is 16.2. The van der Waals surface area contributed by atoms with Crippen molar-refractivity contribution < 1.29 is 4.79 Å². The standard InChI is InChI=1S/C20H22N4O3/c1-13-10-17(25)11-14(2)23(13)12-18(26)21-19-15(3)22(4)24(20(19)27)16-8-6-5-7-9-16/h5-11H,12H2,1-4H3,(H,21,26). The van der Waals surface area contributed by atoms with E-state index < -0.39 is 0 Å². The first kappa shape index (κ1) is 18.4. The van der Waals surface area contributed by atoms with Crippen LogP contribution >= 0.6 is 0 Å². The van der Waals surface area contributed by atoms with Gasteiger partial charge in [-0.1, -0.05) is 18.2 Å². The third kappa shape index (κ3) is 3.48. The van der Waals surface area contributed by atoms with Gasteiger partial charge in [0.1, 0.15) is 12.2 Å². The molecule has 7 nitrogen and oxygen atoms in total. The number of carbonyl (C=O) groups is 1. The lowest BCUT2D eigenvalue weighted by molar-refractivity contribution is -0.116. The van der Waals surface area contributed by atoms with E-state index in [0.717, 1.165) is 5.69 Å². The molecule has 0 aliphatic carbocycles. The minimum Gasteiger partial charge on any atom is -0.340 e. The van der Waals surface area contributed by atoms with E-state index in [0.29, 0.717) is 17.1 Å². The zero-order valence-corrected chi connectivity index (χ0v) is 15.8. The number of benzene rings is 1. The van der Waals surface area contributed by atoms with Crippen LogP contribution in [0.1, 0.15) is 17.1 Å². The summed E-state index contributed by atoms with van der Waals surface area (Å²) in [4.78, 5) is 37.0. The first-order valence-electron chi connectivity index (χ1n) is 8.61. The van der Waals surface area contributed by atoms with Crippen molar-refractivity contribution in [3.63, 3.8) is 0 Å². The van der Waals surface area contributed by atoms with Crippen LogP contribution in [0, 0.1) is 20.8 Å². The Hall–Kier alpha value is -3.35. The van der Waals surface area contributed by atoms with Crippen molar-refractivity contribution in [3.05, 3.63) is 80.1 Å². The van der Waals surface area contributed by atoms with E-state index in [1.807, 2.05) is 30.3 Å². The molecule has 0 fully saturated rings. The molecule has 3 aromatic rings. The normalized spacial score (nSPS) is 10.8. The summed E-state index contributed by atoms with van der Waals surface area (Å²) in [5.41, 5.74) is 2.64. The van der Waals surface area contributed by atoms with E-state index in [2.05, 4.69) is 5.32 Å². The van der Waals surface area contributed by atoms with Crippen molar-refractivity contribution in [2.75, 3.05) is 5.32 Å². The molecule has 0 saturated heterocycles. The van der Waals surface area contributed by atoms with E-state index in [-0.39, 0.29) is 29.1 Å². The van der Waals surface area contributed by atoms with Gasteiger partial charge in [-0.2, -0.15) is 0 Å². The number of amides is 1. The number of aryl methyl sites for hydroxylation is 2. The Morgan fingerprint density at radius 1 is 1.00 bits per heavy atom. The Labute approximate surface area is 156 Å². The van der Waals surface area contributed by atoms with Crippen LogP contribution < -0.4 is 16.3 Å². The van der Waals surface area contributed by atoms with Crippen LogP contribution in [0.25, 0.3) is 5.69 Å². The molecule has 2 aromatic heterocycles. The molecule has 0 spiro atoms. The number of hydrogen-bond acceptors (Lipinski definition) is 3. The third-order valence-corrected chi connectivity index (χ3v) is 4.67. The second-order valence-electron chi connectivity index (χ2n) is 6.54. The summed E-state index contributed by atoms with van der Waals surface area (Å²) >= 11 is 0. The largest absolute Gasteiger partial charge is 0.340 e. The molecule has 27 heavy (non-hydrogen) atoms. The summed E-state index contributed by atoms with van der Waals surface area (Å²) < 4.78 is 4.97. The van der Waals surface area contributed by atoms with Crippen LogP contribution in [0.4, 0.5) is 5.69 Å². The number of carbonyl (C=O) groups excluding carboxylic acids is 1. The molecule has 1 N–H and O–H groups in total. The number of nitrogens with zero attached hydrogens (tertiary/aromatic N) is 3. The molecule has 1 aromatic carbocycles. The highest BCUT2D eigenvalue weighted by molar-refractivity contribution is 5.91. The molecule has 0 saturated carbocycles. The van der Waals surface area contributed by atoms with Gasteiger partial charge in [-0.3, -0.25) is 19.1 Å². The predicted octanol–water partition coefficient (Wildman–Crippen LogP) is 1.90. The summed E-state index contributed by atoms with van der Waals surface area (Å²) in [6.07, 6.45) is 0. The van der Waals surface area contributed by atoms with Crippen LogP contribution in [-0.4, -0.2) is 19.8 Å². The van der Waals surface area contributed by atoms with Crippen molar-refractivity contribution in [2.45, 2.75) is 27.3 Å². The SMILES string of the molecule is Cc1cc(=O)cc(C)n1CC(=O)Nc1c(C)n(C)n(-c2ccccc2)c1=O. The van der Waals surface area contributed by atoms with Gasteiger partial charge in [-0.25, -0.2) is 4.68 Å². The van der Waals surface area contributed by atoms with E-state index in [9.17, 15) is 14.4 Å². The number of anilines is 1. The fraction of sp³-hybridized carbons (Fsp3) is 0.250. The molecule has 140 valence electrons. The van der Waals surface area contributed by atoms with Gasteiger partial charge < -0.3 is 9.88 Å². The maximum Gasteiger partial charge on any atom is 0.295 e. The van der Waals surface area contributed by atoms with Crippen LogP contribution in [0.15, 0.2) is 52.1 Å². The Kier molecular flexibility index (Phi) is 4.85. The molecule has 7 heteroatoms. The van der Waals surface area contributed by atoms with Gasteiger partial charge in [-0.05, 0) is 32.9 Å². The lowest BCUT2D eigenvalue weighted by Gasteiger charge is -2.13. The number of para-hydroxylation sites is 1. The molecular weight excluding hydrogens is 344 g/mol. The minimum atomic E-state index is -0.323. The molecule has 2 heterocycles.